The van der Waals surface area contributed by atoms with Crippen molar-refractivity contribution < 1.29 is 14.7 Å². The fourth-order valence-electron chi connectivity index (χ4n) is 3.79. The maximum absolute atomic E-state index is 12.1. The molecule has 4 nitrogen and oxygen atoms in total. The molecule has 0 aromatic rings. The summed E-state index contributed by atoms with van der Waals surface area (Å²) in [4.78, 5) is 23.4. The van der Waals surface area contributed by atoms with E-state index < -0.39 is 12.0 Å². The van der Waals surface area contributed by atoms with Crippen molar-refractivity contribution in [1.29, 1.82) is 0 Å². The zero-order valence-corrected chi connectivity index (χ0v) is 19.7. The standard InChI is InChI=1S/C26H39NO3/c1-18(2)16-23(25(29)30)27-24(28)17-20(4)11-8-10-19(3)13-14-22-21(5)12-9-15-26(22,6)7/h8,10-11,13-14,17-18,23H,9,12,15-16H2,1-7H3,(H,27,28)(H,29,30)/b11-8+,14-13+,19-10+,20-17+. The SMILES string of the molecule is CC1=C(/C=C/C(C)=C/C=C/C(C)=C/C(=O)NC(CC(C)C)C(=O)O)C(C)(C)CCC1. The molecule has 166 valence electrons. The minimum Gasteiger partial charge on any atom is -0.480 e. The number of carbonyl (C=O) groups is 2. The summed E-state index contributed by atoms with van der Waals surface area (Å²) in [6.45, 7) is 14.6. The molecule has 1 unspecified atom stereocenters. The first-order valence-corrected chi connectivity index (χ1v) is 10.9. The van der Waals surface area contributed by atoms with Crippen LogP contribution in [0.4, 0.5) is 0 Å². The third kappa shape index (κ3) is 8.98. The predicted octanol–water partition coefficient (Wildman–Crippen LogP) is 6.13. The lowest BCUT2D eigenvalue weighted by Crippen LogP contribution is -2.40. The summed E-state index contributed by atoms with van der Waals surface area (Å²) in [5.74, 6) is -1.19. The highest BCUT2D eigenvalue weighted by Crippen LogP contribution is 2.40. The number of allylic oxidation sites excluding steroid dienone is 9. The molecular weight excluding hydrogens is 374 g/mol. The summed E-state index contributed by atoms with van der Waals surface area (Å²) in [5, 5.41) is 11.8. The normalized spacial score (nSPS) is 19.1. The second kappa shape index (κ2) is 11.7. The minimum absolute atomic E-state index is 0.191. The number of amides is 1. The number of hydrogen-bond acceptors (Lipinski definition) is 2. The molecule has 1 aliphatic rings. The molecule has 0 spiro atoms. The van der Waals surface area contributed by atoms with Gasteiger partial charge in [-0.3, -0.25) is 4.79 Å². The highest BCUT2D eigenvalue weighted by Gasteiger charge is 2.26. The van der Waals surface area contributed by atoms with Crippen molar-refractivity contribution in [2.45, 2.75) is 80.2 Å². The van der Waals surface area contributed by atoms with Gasteiger partial charge in [-0.15, -0.1) is 0 Å². The van der Waals surface area contributed by atoms with Gasteiger partial charge in [-0.05, 0) is 68.9 Å². The number of carboxylic acid groups (broad SMARTS) is 1. The van der Waals surface area contributed by atoms with Crippen LogP contribution in [0.2, 0.25) is 0 Å². The molecule has 0 heterocycles. The maximum atomic E-state index is 12.1. The average molecular weight is 414 g/mol. The van der Waals surface area contributed by atoms with Crippen molar-refractivity contribution >= 4 is 11.9 Å². The van der Waals surface area contributed by atoms with E-state index in [-0.39, 0.29) is 17.2 Å². The van der Waals surface area contributed by atoms with E-state index in [0.29, 0.717) is 6.42 Å². The van der Waals surface area contributed by atoms with Gasteiger partial charge in [0.05, 0.1) is 0 Å². The zero-order chi connectivity index (χ0) is 22.9. The van der Waals surface area contributed by atoms with E-state index in [4.69, 9.17) is 0 Å². The molecule has 0 aliphatic heterocycles. The topological polar surface area (TPSA) is 66.4 Å². The summed E-state index contributed by atoms with van der Waals surface area (Å²) < 4.78 is 0. The second-order valence-corrected chi connectivity index (χ2v) is 9.45. The molecule has 0 bridgehead atoms. The van der Waals surface area contributed by atoms with Gasteiger partial charge in [0.15, 0.2) is 0 Å². The Kier molecular flexibility index (Phi) is 10.0. The van der Waals surface area contributed by atoms with Crippen LogP contribution in [0.3, 0.4) is 0 Å². The molecule has 0 radical (unpaired) electrons. The number of aliphatic carboxylic acids is 1. The lowest BCUT2D eigenvalue weighted by atomic mass is 9.72. The van der Waals surface area contributed by atoms with Gasteiger partial charge in [-0.2, -0.15) is 0 Å². The van der Waals surface area contributed by atoms with Gasteiger partial charge in [-0.25, -0.2) is 4.79 Å². The Labute approximate surface area is 182 Å². The Balaban J connectivity index is 2.73. The number of hydrogen-bond donors (Lipinski definition) is 2. The van der Waals surface area contributed by atoms with Gasteiger partial charge in [-0.1, -0.05) is 69.2 Å². The summed E-state index contributed by atoms with van der Waals surface area (Å²) in [7, 11) is 0. The molecule has 0 saturated heterocycles. The molecule has 1 rings (SSSR count). The lowest BCUT2D eigenvalue weighted by Gasteiger charge is -2.32. The van der Waals surface area contributed by atoms with Crippen LogP contribution in [0.15, 0.2) is 58.7 Å². The molecule has 1 atom stereocenters. The molecule has 2 N–H and O–H groups in total. The van der Waals surface area contributed by atoms with Crippen molar-refractivity contribution in [1.82, 2.24) is 5.32 Å². The number of rotatable bonds is 9. The average Bonchev–Trinajstić information content (AvgIpc) is 2.59. The maximum Gasteiger partial charge on any atom is 0.326 e. The van der Waals surface area contributed by atoms with E-state index in [2.05, 4.69) is 45.2 Å². The first-order valence-electron chi connectivity index (χ1n) is 10.9. The van der Waals surface area contributed by atoms with E-state index in [0.717, 1.165) is 11.1 Å². The van der Waals surface area contributed by atoms with E-state index >= 15 is 0 Å². The summed E-state index contributed by atoms with van der Waals surface area (Å²) in [6.07, 6.45) is 15.7. The van der Waals surface area contributed by atoms with Crippen LogP contribution in [-0.4, -0.2) is 23.0 Å². The van der Waals surface area contributed by atoms with Crippen molar-refractivity contribution in [2.24, 2.45) is 11.3 Å². The molecule has 0 aromatic carbocycles. The monoisotopic (exact) mass is 413 g/mol. The van der Waals surface area contributed by atoms with Crippen LogP contribution in [0.25, 0.3) is 0 Å². The third-order valence-corrected chi connectivity index (χ3v) is 5.45. The van der Waals surface area contributed by atoms with Crippen molar-refractivity contribution in [3.8, 4) is 0 Å². The third-order valence-electron chi connectivity index (χ3n) is 5.45. The molecular formula is C26H39NO3. The number of carboxylic acids is 1. The highest BCUT2D eigenvalue weighted by molar-refractivity contribution is 5.91. The molecule has 30 heavy (non-hydrogen) atoms. The van der Waals surface area contributed by atoms with Gasteiger partial charge >= 0.3 is 5.97 Å². The zero-order valence-electron chi connectivity index (χ0n) is 19.7. The van der Waals surface area contributed by atoms with Crippen molar-refractivity contribution in [3.05, 3.63) is 58.7 Å². The fraction of sp³-hybridized carbons (Fsp3) is 0.538. The summed E-state index contributed by atoms with van der Waals surface area (Å²) in [5.41, 5.74) is 5.04. The summed E-state index contributed by atoms with van der Waals surface area (Å²) in [6, 6.07) is -0.861. The van der Waals surface area contributed by atoms with Crippen LogP contribution < -0.4 is 5.32 Å². The highest BCUT2D eigenvalue weighted by atomic mass is 16.4. The molecule has 0 fully saturated rings. The van der Waals surface area contributed by atoms with E-state index in [1.807, 2.05) is 39.0 Å². The minimum atomic E-state index is -1.00. The molecule has 0 saturated carbocycles. The Morgan fingerprint density at radius 2 is 1.83 bits per heavy atom. The lowest BCUT2D eigenvalue weighted by molar-refractivity contribution is -0.141. The number of nitrogens with one attached hydrogen (secondary N) is 1. The molecule has 1 amide bonds. The predicted molar refractivity (Wildman–Crippen MR) is 125 cm³/mol. The van der Waals surface area contributed by atoms with Gasteiger partial charge in [0.2, 0.25) is 5.91 Å². The van der Waals surface area contributed by atoms with Gasteiger partial charge in [0.1, 0.15) is 6.04 Å². The van der Waals surface area contributed by atoms with Crippen LogP contribution in [0.1, 0.15) is 74.1 Å². The van der Waals surface area contributed by atoms with Crippen LogP contribution in [-0.2, 0) is 9.59 Å². The van der Waals surface area contributed by atoms with E-state index in [1.54, 1.807) is 0 Å². The Hall–Kier alpha value is -2.36. The van der Waals surface area contributed by atoms with E-state index in [9.17, 15) is 14.7 Å². The van der Waals surface area contributed by atoms with E-state index in [1.165, 1.54) is 36.5 Å². The molecule has 0 aromatic heterocycles. The quantitative estimate of drug-likeness (QED) is 0.353. The van der Waals surface area contributed by atoms with Gasteiger partial charge in [0, 0.05) is 6.08 Å². The smallest absolute Gasteiger partial charge is 0.326 e. The Bertz CT molecular complexity index is 776. The first kappa shape index (κ1) is 25.7. The largest absolute Gasteiger partial charge is 0.480 e. The van der Waals surface area contributed by atoms with Gasteiger partial charge < -0.3 is 10.4 Å². The van der Waals surface area contributed by atoms with Crippen LogP contribution in [0, 0.1) is 11.3 Å². The van der Waals surface area contributed by atoms with Gasteiger partial charge in [0.25, 0.3) is 0 Å². The molecule has 4 heteroatoms. The van der Waals surface area contributed by atoms with Crippen molar-refractivity contribution in [3.63, 3.8) is 0 Å². The second-order valence-electron chi connectivity index (χ2n) is 9.45. The Morgan fingerprint density at radius 1 is 1.17 bits per heavy atom. The van der Waals surface area contributed by atoms with Crippen LogP contribution in [0.5, 0.6) is 0 Å². The number of carbonyl (C=O) groups excluding carboxylic acids is 1. The molecule has 1 aliphatic carbocycles. The Morgan fingerprint density at radius 3 is 2.40 bits per heavy atom. The van der Waals surface area contributed by atoms with Crippen LogP contribution >= 0.6 is 0 Å². The fourth-order valence-corrected chi connectivity index (χ4v) is 3.79. The van der Waals surface area contributed by atoms with Crippen molar-refractivity contribution in [2.75, 3.05) is 0 Å². The summed E-state index contributed by atoms with van der Waals surface area (Å²) >= 11 is 0. The first-order chi connectivity index (χ1) is 13.9.